The second kappa shape index (κ2) is 41.6. The molecule has 14 heteroatoms. The molecule has 2 aliphatic rings. The minimum absolute atomic E-state index is 0.237. The van der Waals surface area contributed by atoms with E-state index in [0.29, 0.717) is 12.8 Å². The Bertz CT molecular complexity index is 1500. The monoisotopic (exact) mass is 990 g/mol. The van der Waals surface area contributed by atoms with Gasteiger partial charge in [0.15, 0.2) is 12.6 Å². The van der Waals surface area contributed by atoms with Crippen molar-refractivity contribution < 1.29 is 64.6 Å². The molecule has 0 aliphatic carbocycles. The average molecular weight is 990 g/mol. The van der Waals surface area contributed by atoms with Gasteiger partial charge in [0, 0.05) is 6.42 Å². The van der Waals surface area contributed by atoms with Crippen LogP contribution in [-0.4, -0.2) is 140 Å². The van der Waals surface area contributed by atoms with Gasteiger partial charge in [0.2, 0.25) is 5.91 Å². The van der Waals surface area contributed by atoms with Crippen LogP contribution in [0.15, 0.2) is 85.1 Å². The highest BCUT2D eigenvalue weighted by atomic mass is 16.7. The van der Waals surface area contributed by atoms with Crippen molar-refractivity contribution in [3.8, 4) is 0 Å². The fraction of sp³-hybridized carbons (Fsp3) is 0.732. The first-order valence-corrected chi connectivity index (χ1v) is 26.8. The minimum Gasteiger partial charge on any atom is -0.394 e. The van der Waals surface area contributed by atoms with Crippen molar-refractivity contribution in [2.75, 3.05) is 19.8 Å². The van der Waals surface area contributed by atoms with Crippen LogP contribution in [0.1, 0.15) is 168 Å². The number of aliphatic hydroxyl groups excluding tert-OH is 8. The normalized spacial score (nSPS) is 26.7. The number of hydrogen-bond acceptors (Lipinski definition) is 13. The average Bonchev–Trinajstić information content (AvgIpc) is 3.36. The van der Waals surface area contributed by atoms with Crippen LogP contribution in [-0.2, 0) is 23.7 Å². The number of aliphatic hydroxyl groups is 8. The van der Waals surface area contributed by atoms with E-state index in [1.807, 2.05) is 6.08 Å². The van der Waals surface area contributed by atoms with Crippen molar-refractivity contribution in [1.29, 1.82) is 0 Å². The van der Waals surface area contributed by atoms with E-state index in [1.165, 1.54) is 57.8 Å². The third-order valence-corrected chi connectivity index (χ3v) is 12.5. The molecule has 0 spiro atoms. The third-order valence-electron chi connectivity index (χ3n) is 12.5. The maximum absolute atomic E-state index is 13.2. The number of allylic oxidation sites excluding steroid dienone is 13. The van der Waals surface area contributed by atoms with Crippen LogP contribution < -0.4 is 5.32 Å². The number of amides is 1. The van der Waals surface area contributed by atoms with E-state index >= 15 is 0 Å². The predicted molar refractivity (Wildman–Crippen MR) is 276 cm³/mol. The van der Waals surface area contributed by atoms with Gasteiger partial charge >= 0.3 is 0 Å². The van der Waals surface area contributed by atoms with Crippen LogP contribution in [0.2, 0.25) is 0 Å². The van der Waals surface area contributed by atoms with E-state index in [2.05, 4.69) is 92.1 Å². The number of nitrogens with one attached hydrogen (secondary N) is 1. The lowest BCUT2D eigenvalue weighted by molar-refractivity contribution is -0.359. The lowest BCUT2D eigenvalue weighted by atomic mass is 9.97. The number of ether oxygens (including phenoxy) is 4. The van der Waals surface area contributed by atoms with E-state index < -0.39 is 86.8 Å². The molecule has 2 fully saturated rings. The molecule has 12 atom stereocenters. The predicted octanol–water partition coefficient (Wildman–Crippen LogP) is 7.77. The summed E-state index contributed by atoms with van der Waals surface area (Å²) in [5, 5.41) is 86.8. The van der Waals surface area contributed by atoms with Crippen LogP contribution in [0, 0.1) is 0 Å². The molecule has 2 rings (SSSR count). The number of carbonyl (C=O) groups is 1. The highest BCUT2D eigenvalue weighted by Crippen LogP contribution is 2.30. The maximum atomic E-state index is 13.2. The Hall–Kier alpha value is -2.83. The zero-order valence-corrected chi connectivity index (χ0v) is 42.7. The molecule has 0 aromatic heterocycles. The lowest BCUT2D eigenvalue weighted by Gasteiger charge is -2.46. The van der Waals surface area contributed by atoms with Crippen molar-refractivity contribution in [3.63, 3.8) is 0 Å². The van der Waals surface area contributed by atoms with Gasteiger partial charge in [-0.3, -0.25) is 4.79 Å². The number of unbranched alkanes of at least 4 members (excludes halogenated alkanes) is 15. The Morgan fingerprint density at radius 1 is 0.529 bits per heavy atom. The van der Waals surface area contributed by atoms with Crippen molar-refractivity contribution in [2.45, 2.75) is 242 Å². The molecule has 0 bridgehead atoms. The fourth-order valence-corrected chi connectivity index (χ4v) is 8.19. The molecule has 0 radical (unpaired) electrons. The molecule has 2 heterocycles. The standard InChI is InChI=1S/C56H95NO13/c1-3-5-7-9-11-13-15-17-19-21-22-24-25-27-29-31-33-35-37-39-45(60)44(57-48(61)40-38-36-34-32-30-28-26-23-20-18-16-14-12-10-8-6-4-2)43-67-55-53(66)51(64)54(47(42-59)69-55)70-56-52(65)50(63)49(62)46(41-58)68-56/h6,8,12,14,18,20,22,24,26,28-29,31,37,39,44-47,49-56,58-60,62-66H,3-5,7,9-11,13,15-17,19,21,23,25,27,30,32-36,38,40-43H2,1-2H3,(H,57,61)/b8-6-,14-12-,20-18-,24-22+,28-26-,31-29+,39-37+. The Morgan fingerprint density at radius 3 is 1.57 bits per heavy atom. The van der Waals surface area contributed by atoms with Gasteiger partial charge in [0.25, 0.3) is 0 Å². The first-order valence-electron chi connectivity index (χ1n) is 26.8. The first-order chi connectivity index (χ1) is 34.1. The molecule has 2 saturated heterocycles. The summed E-state index contributed by atoms with van der Waals surface area (Å²) in [6.45, 7) is 2.61. The summed E-state index contributed by atoms with van der Waals surface area (Å²) in [5.41, 5.74) is 0. The molecular weight excluding hydrogens is 895 g/mol. The quantitative estimate of drug-likeness (QED) is 0.0212. The van der Waals surface area contributed by atoms with Gasteiger partial charge < -0.3 is 65.1 Å². The molecule has 70 heavy (non-hydrogen) atoms. The Kier molecular flexibility index (Phi) is 37.6. The molecule has 9 N–H and O–H groups in total. The molecule has 1 amide bonds. The van der Waals surface area contributed by atoms with Crippen molar-refractivity contribution in [1.82, 2.24) is 5.32 Å². The molecular formula is C56H95NO13. The van der Waals surface area contributed by atoms with E-state index in [0.717, 1.165) is 77.0 Å². The van der Waals surface area contributed by atoms with Crippen molar-refractivity contribution >= 4 is 5.91 Å². The van der Waals surface area contributed by atoms with Gasteiger partial charge in [0.05, 0.1) is 32.0 Å². The largest absolute Gasteiger partial charge is 0.394 e. The smallest absolute Gasteiger partial charge is 0.220 e. The highest BCUT2D eigenvalue weighted by Gasteiger charge is 2.51. The molecule has 0 aromatic rings. The van der Waals surface area contributed by atoms with Crippen molar-refractivity contribution in [3.05, 3.63) is 85.1 Å². The molecule has 14 nitrogen and oxygen atoms in total. The van der Waals surface area contributed by atoms with Gasteiger partial charge in [-0.05, 0) is 83.5 Å². The van der Waals surface area contributed by atoms with Gasteiger partial charge in [-0.25, -0.2) is 0 Å². The topological polar surface area (TPSA) is 228 Å². The van der Waals surface area contributed by atoms with Crippen LogP contribution in [0.5, 0.6) is 0 Å². The molecule has 0 aromatic carbocycles. The zero-order chi connectivity index (χ0) is 51.0. The second-order valence-corrected chi connectivity index (χ2v) is 18.6. The van der Waals surface area contributed by atoms with Crippen LogP contribution >= 0.6 is 0 Å². The lowest BCUT2D eigenvalue weighted by Crippen LogP contribution is -2.65. The van der Waals surface area contributed by atoms with Gasteiger partial charge in [-0.15, -0.1) is 0 Å². The maximum Gasteiger partial charge on any atom is 0.220 e. The first kappa shape index (κ1) is 63.3. The van der Waals surface area contributed by atoms with Gasteiger partial charge in [-0.2, -0.15) is 0 Å². The third kappa shape index (κ3) is 27.8. The Labute approximate surface area is 420 Å². The molecule has 12 unspecified atom stereocenters. The summed E-state index contributed by atoms with van der Waals surface area (Å²) in [7, 11) is 0. The summed E-state index contributed by atoms with van der Waals surface area (Å²) in [6, 6.07) is -0.955. The van der Waals surface area contributed by atoms with E-state index in [1.54, 1.807) is 6.08 Å². The van der Waals surface area contributed by atoms with E-state index in [9.17, 15) is 45.6 Å². The zero-order valence-electron chi connectivity index (χ0n) is 42.7. The molecule has 0 saturated carbocycles. The summed E-state index contributed by atoms with van der Waals surface area (Å²) in [6.07, 6.45) is 37.6. The van der Waals surface area contributed by atoms with E-state index in [-0.39, 0.29) is 18.9 Å². The highest BCUT2D eigenvalue weighted by molar-refractivity contribution is 5.76. The van der Waals surface area contributed by atoms with Crippen LogP contribution in [0.25, 0.3) is 0 Å². The fourth-order valence-electron chi connectivity index (χ4n) is 8.19. The number of rotatable bonds is 40. The van der Waals surface area contributed by atoms with Crippen LogP contribution in [0.3, 0.4) is 0 Å². The number of carbonyl (C=O) groups excluding carboxylic acids is 1. The Morgan fingerprint density at radius 2 is 1.00 bits per heavy atom. The van der Waals surface area contributed by atoms with Crippen LogP contribution in [0.4, 0.5) is 0 Å². The summed E-state index contributed by atoms with van der Waals surface area (Å²) < 4.78 is 22.7. The summed E-state index contributed by atoms with van der Waals surface area (Å²) in [4.78, 5) is 13.2. The second-order valence-electron chi connectivity index (χ2n) is 18.6. The van der Waals surface area contributed by atoms with Gasteiger partial charge in [0.1, 0.15) is 48.8 Å². The summed E-state index contributed by atoms with van der Waals surface area (Å²) in [5.74, 6) is -0.281. The SMILES string of the molecule is CC/C=C\C/C=C\C/C=C\C/C=C\CCCCCCC(=O)NC(COC1OC(CO)C(OC2OC(CO)C(O)C(O)C2O)C(O)C1O)C(O)/C=C/CC/C=C/CC/C=C/CCCCCCCCCCC. The van der Waals surface area contributed by atoms with Gasteiger partial charge in [-0.1, -0.05) is 163 Å². The molecule has 402 valence electrons. The van der Waals surface area contributed by atoms with E-state index in [4.69, 9.17) is 18.9 Å². The molecule has 2 aliphatic heterocycles. The number of hydrogen-bond donors (Lipinski definition) is 9. The van der Waals surface area contributed by atoms with Crippen molar-refractivity contribution in [2.24, 2.45) is 0 Å². The minimum atomic E-state index is -1.80. The summed E-state index contributed by atoms with van der Waals surface area (Å²) >= 11 is 0. The Balaban J connectivity index is 1.87.